The molecule has 3 heteroatoms. The zero-order chi connectivity index (χ0) is 13.0. The second-order valence-electron chi connectivity index (χ2n) is 4.02. The summed E-state index contributed by atoms with van der Waals surface area (Å²) < 4.78 is 6.99. The lowest BCUT2D eigenvalue weighted by atomic mass is 10.1. The van der Waals surface area contributed by atoms with Crippen LogP contribution in [0.15, 0.2) is 48.5 Å². The highest BCUT2D eigenvalue weighted by Gasteiger charge is 2.11. The van der Waals surface area contributed by atoms with E-state index in [2.05, 4.69) is 22.6 Å². The highest BCUT2D eigenvalue weighted by atomic mass is 127. The summed E-state index contributed by atoms with van der Waals surface area (Å²) in [7, 11) is 0. The Morgan fingerprint density at radius 3 is 2.44 bits per heavy atom. The number of ether oxygens (including phenoxy) is 1. The van der Waals surface area contributed by atoms with Crippen molar-refractivity contribution in [1.82, 2.24) is 0 Å². The van der Waals surface area contributed by atoms with Crippen LogP contribution in [0, 0.1) is 3.57 Å². The van der Waals surface area contributed by atoms with E-state index in [4.69, 9.17) is 4.74 Å². The molecule has 0 aliphatic heterocycles. The molecule has 0 unspecified atom stereocenters. The molecule has 2 aromatic carbocycles. The standard InChI is InChI=1S/C15H15IO2/c1-2-14(17)13-5-3-4-6-15(13)18-12-9-7-11(16)8-10-12/h3-10,14,17H,2H2,1H3/t14-/m0/s1. The zero-order valence-corrected chi connectivity index (χ0v) is 12.3. The number of para-hydroxylation sites is 1. The lowest BCUT2D eigenvalue weighted by Crippen LogP contribution is -1.98. The van der Waals surface area contributed by atoms with E-state index < -0.39 is 6.10 Å². The highest BCUT2D eigenvalue weighted by Crippen LogP contribution is 2.30. The molecule has 0 amide bonds. The van der Waals surface area contributed by atoms with Gasteiger partial charge in [-0.1, -0.05) is 25.1 Å². The summed E-state index contributed by atoms with van der Waals surface area (Å²) in [5.41, 5.74) is 0.832. The lowest BCUT2D eigenvalue weighted by Gasteiger charge is -2.14. The highest BCUT2D eigenvalue weighted by molar-refractivity contribution is 14.1. The molecule has 2 aromatic rings. The van der Waals surface area contributed by atoms with Crippen LogP contribution in [0.1, 0.15) is 25.0 Å². The molecule has 0 fully saturated rings. The third-order valence-electron chi connectivity index (χ3n) is 2.71. The second kappa shape index (κ2) is 6.20. The Bertz CT molecular complexity index is 508. The topological polar surface area (TPSA) is 29.5 Å². The van der Waals surface area contributed by atoms with Crippen molar-refractivity contribution in [3.63, 3.8) is 0 Å². The van der Waals surface area contributed by atoms with Crippen LogP contribution in [0.25, 0.3) is 0 Å². The molecule has 0 radical (unpaired) electrons. The largest absolute Gasteiger partial charge is 0.457 e. The first-order valence-corrected chi connectivity index (χ1v) is 6.99. The van der Waals surface area contributed by atoms with Crippen molar-refractivity contribution in [2.45, 2.75) is 19.4 Å². The third-order valence-corrected chi connectivity index (χ3v) is 3.43. The summed E-state index contributed by atoms with van der Waals surface area (Å²) >= 11 is 2.26. The van der Waals surface area contributed by atoms with E-state index >= 15 is 0 Å². The molecule has 94 valence electrons. The summed E-state index contributed by atoms with van der Waals surface area (Å²) in [6.07, 6.45) is 0.192. The predicted octanol–water partition coefficient (Wildman–Crippen LogP) is 4.53. The maximum Gasteiger partial charge on any atom is 0.133 e. The molecule has 2 rings (SSSR count). The van der Waals surface area contributed by atoms with Gasteiger partial charge in [0.2, 0.25) is 0 Å². The molecule has 0 aliphatic rings. The van der Waals surface area contributed by atoms with Crippen molar-refractivity contribution < 1.29 is 9.84 Å². The molecule has 0 saturated carbocycles. The number of aliphatic hydroxyl groups excluding tert-OH is 1. The summed E-state index contributed by atoms with van der Waals surface area (Å²) in [6.45, 7) is 1.95. The zero-order valence-electron chi connectivity index (χ0n) is 10.1. The van der Waals surface area contributed by atoms with Gasteiger partial charge in [0.15, 0.2) is 0 Å². The van der Waals surface area contributed by atoms with Crippen LogP contribution in [0.2, 0.25) is 0 Å². The Balaban J connectivity index is 2.26. The van der Waals surface area contributed by atoms with Crippen LogP contribution in [0.5, 0.6) is 11.5 Å². The van der Waals surface area contributed by atoms with E-state index in [-0.39, 0.29) is 0 Å². The number of rotatable bonds is 4. The number of hydrogen-bond donors (Lipinski definition) is 1. The Labute approximate surface area is 121 Å². The first-order valence-electron chi connectivity index (χ1n) is 5.91. The SMILES string of the molecule is CC[C@H](O)c1ccccc1Oc1ccc(I)cc1. The van der Waals surface area contributed by atoms with Crippen LogP contribution in [-0.4, -0.2) is 5.11 Å². The molecule has 0 aliphatic carbocycles. The quantitative estimate of drug-likeness (QED) is 0.818. The van der Waals surface area contributed by atoms with Crippen molar-refractivity contribution in [3.8, 4) is 11.5 Å². The number of benzene rings is 2. The van der Waals surface area contributed by atoms with E-state index in [1.165, 1.54) is 3.57 Å². The van der Waals surface area contributed by atoms with Gasteiger partial charge >= 0.3 is 0 Å². The fraction of sp³-hybridized carbons (Fsp3) is 0.200. The molecule has 0 aromatic heterocycles. The van der Waals surface area contributed by atoms with Crippen molar-refractivity contribution in [2.75, 3.05) is 0 Å². The Hall–Kier alpha value is -1.07. The molecule has 2 nitrogen and oxygen atoms in total. The van der Waals surface area contributed by atoms with Gasteiger partial charge in [0, 0.05) is 9.13 Å². The average molecular weight is 354 g/mol. The molecule has 0 heterocycles. The Morgan fingerprint density at radius 2 is 1.78 bits per heavy atom. The number of aliphatic hydroxyl groups is 1. The van der Waals surface area contributed by atoms with Gasteiger partial charge in [-0.3, -0.25) is 0 Å². The minimum atomic E-state index is -0.481. The van der Waals surface area contributed by atoms with Gasteiger partial charge in [0.05, 0.1) is 6.10 Å². The Kier molecular flexibility index (Phi) is 4.60. The Morgan fingerprint density at radius 1 is 1.11 bits per heavy atom. The maximum atomic E-state index is 9.95. The normalized spacial score (nSPS) is 12.2. The number of halogens is 1. The molecule has 1 atom stereocenters. The lowest BCUT2D eigenvalue weighted by molar-refractivity contribution is 0.170. The summed E-state index contributed by atoms with van der Waals surface area (Å²) in [4.78, 5) is 0. The maximum absolute atomic E-state index is 9.95. The van der Waals surface area contributed by atoms with E-state index in [1.54, 1.807) is 0 Å². The minimum absolute atomic E-state index is 0.481. The van der Waals surface area contributed by atoms with Gasteiger partial charge in [-0.05, 0) is 59.3 Å². The van der Waals surface area contributed by atoms with E-state index in [9.17, 15) is 5.11 Å². The third kappa shape index (κ3) is 3.23. The smallest absolute Gasteiger partial charge is 0.133 e. The second-order valence-corrected chi connectivity index (χ2v) is 5.26. The molecular formula is C15H15IO2. The minimum Gasteiger partial charge on any atom is -0.457 e. The molecule has 18 heavy (non-hydrogen) atoms. The summed E-state index contributed by atoms with van der Waals surface area (Å²) in [5.74, 6) is 1.50. The van der Waals surface area contributed by atoms with E-state index in [0.717, 1.165) is 11.3 Å². The van der Waals surface area contributed by atoms with Gasteiger partial charge in [0.1, 0.15) is 11.5 Å². The predicted molar refractivity (Wildman–Crippen MR) is 80.9 cm³/mol. The van der Waals surface area contributed by atoms with Crippen molar-refractivity contribution in [1.29, 1.82) is 0 Å². The van der Waals surface area contributed by atoms with Crippen molar-refractivity contribution in [2.24, 2.45) is 0 Å². The van der Waals surface area contributed by atoms with Gasteiger partial charge in [0.25, 0.3) is 0 Å². The van der Waals surface area contributed by atoms with Crippen LogP contribution >= 0.6 is 22.6 Å². The van der Waals surface area contributed by atoms with Crippen LogP contribution in [0.3, 0.4) is 0 Å². The monoisotopic (exact) mass is 354 g/mol. The van der Waals surface area contributed by atoms with Crippen molar-refractivity contribution in [3.05, 3.63) is 57.7 Å². The first-order chi connectivity index (χ1) is 8.70. The van der Waals surface area contributed by atoms with E-state index in [0.29, 0.717) is 12.2 Å². The van der Waals surface area contributed by atoms with Crippen LogP contribution in [-0.2, 0) is 0 Å². The molecule has 1 N–H and O–H groups in total. The summed E-state index contributed by atoms with van der Waals surface area (Å²) in [5, 5.41) is 9.95. The molecule has 0 saturated heterocycles. The fourth-order valence-electron chi connectivity index (χ4n) is 1.70. The van der Waals surface area contributed by atoms with Gasteiger partial charge in [-0.15, -0.1) is 0 Å². The van der Waals surface area contributed by atoms with Gasteiger partial charge < -0.3 is 9.84 Å². The average Bonchev–Trinajstić information content (AvgIpc) is 2.41. The van der Waals surface area contributed by atoms with Crippen LogP contribution in [0.4, 0.5) is 0 Å². The molecule has 0 bridgehead atoms. The van der Waals surface area contributed by atoms with Crippen molar-refractivity contribution >= 4 is 22.6 Å². The van der Waals surface area contributed by atoms with Gasteiger partial charge in [-0.2, -0.15) is 0 Å². The first kappa shape index (κ1) is 13.4. The van der Waals surface area contributed by atoms with Crippen LogP contribution < -0.4 is 4.74 Å². The molecule has 0 spiro atoms. The fourth-order valence-corrected chi connectivity index (χ4v) is 2.06. The van der Waals surface area contributed by atoms with E-state index in [1.807, 2.05) is 55.5 Å². The van der Waals surface area contributed by atoms with Gasteiger partial charge in [-0.25, -0.2) is 0 Å². The number of hydrogen-bond acceptors (Lipinski definition) is 2. The molecular weight excluding hydrogens is 339 g/mol. The summed E-state index contributed by atoms with van der Waals surface area (Å²) in [6, 6.07) is 15.4.